The molecule has 0 saturated heterocycles. The number of hydrogen-bond donors (Lipinski definition) is 0. The second kappa shape index (κ2) is 8.47. The summed E-state index contributed by atoms with van der Waals surface area (Å²) in [6, 6.07) is 18.2. The summed E-state index contributed by atoms with van der Waals surface area (Å²) in [5.41, 5.74) is 2.02. The number of para-hydroxylation sites is 1. The number of amides is 1. The Morgan fingerprint density at radius 2 is 1.67 bits per heavy atom. The maximum atomic E-state index is 13.0. The van der Waals surface area contributed by atoms with Crippen LogP contribution >= 0.6 is 11.6 Å². The molecular formula is C23H19ClN4O2. The molecular weight excluding hydrogens is 400 g/mol. The number of carbonyl (C=O) groups is 1. The van der Waals surface area contributed by atoms with Crippen LogP contribution in [0.4, 0.5) is 5.69 Å². The minimum absolute atomic E-state index is 0.186. The van der Waals surface area contributed by atoms with Gasteiger partial charge in [0.05, 0.1) is 21.8 Å². The van der Waals surface area contributed by atoms with Gasteiger partial charge in [-0.25, -0.2) is 4.68 Å². The second-order valence-corrected chi connectivity index (χ2v) is 7.30. The standard InChI is InChI=1S/C23H19ClN4O2/c1-27(21-9-5-4-8-19(21)24)22(29)15-28-23(30)18-7-3-2-6-17(18)20(26-28)14-16-10-12-25-13-11-16/h2-13H,14-15H2,1H3. The molecule has 7 heteroatoms. The largest absolute Gasteiger partial charge is 0.312 e. The number of likely N-dealkylation sites (N-methyl/N-ethyl adjacent to an activating group) is 1. The number of carbonyl (C=O) groups excluding carboxylic acids is 1. The lowest BCUT2D eigenvalue weighted by Gasteiger charge is -2.19. The van der Waals surface area contributed by atoms with E-state index in [9.17, 15) is 9.59 Å². The lowest BCUT2D eigenvalue weighted by atomic mass is 10.1. The number of rotatable bonds is 5. The van der Waals surface area contributed by atoms with Gasteiger partial charge < -0.3 is 4.90 Å². The van der Waals surface area contributed by atoms with Gasteiger partial charge >= 0.3 is 0 Å². The number of hydrogen-bond acceptors (Lipinski definition) is 4. The van der Waals surface area contributed by atoms with Crippen molar-refractivity contribution in [2.75, 3.05) is 11.9 Å². The molecule has 0 radical (unpaired) electrons. The van der Waals surface area contributed by atoms with E-state index in [1.165, 1.54) is 9.58 Å². The Labute approximate surface area is 178 Å². The van der Waals surface area contributed by atoms with Crippen LogP contribution in [0.1, 0.15) is 11.3 Å². The van der Waals surface area contributed by atoms with Crippen molar-refractivity contribution in [2.45, 2.75) is 13.0 Å². The number of anilines is 1. The lowest BCUT2D eigenvalue weighted by molar-refractivity contribution is -0.119. The van der Waals surface area contributed by atoms with E-state index in [-0.39, 0.29) is 18.0 Å². The summed E-state index contributed by atoms with van der Waals surface area (Å²) >= 11 is 6.21. The lowest BCUT2D eigenvalue weighted by Crippen LogP contribution is -2.35. The number of benzene rings is 2. The van der Waals surface area contributed by atoms with Crippen LogP contribution in [0.25, 0.3) is 10.8 Å². The molecule has 30 heavy (non-hydrogen) atoms. The van der Waals surface area contributed by atoms with Crippen molar-refractivity contribution in [3.8, 4) is 0 Å². The van der Waals surface area contributed by atoms with Crippen molar-refractivity contribution in [1.82, 2.24) is 14.8 Å². The van der Waals surface area contributed by atoms with E-state index < -0.39 is 0 Å². The van der Waals surface area contributed by atoms with Crippen molar-refractivity contribution >= 4 is 34.0 Å². The third-order valence-corrected chi connectivity index (χ3v) is 5.26. The Hall–Kier alpha value is -3.51. The minimum atomic E-state index is -0.301. The maximum Gasteiger partial charge on any atom is 0.275 e. The van der Waals surface area contributed by atoms with Crippen molar-refractivity contribution < 1.29 is 4.79 Å². The van der Waals surface area contributed by atoms with Gasteiger partial charge in [-0.1, -0.05) is 41.9 Å². The number of nitrogens with zero attached hydrogens (tertiary/aromatic N) is 4. The van der Waals surface area contributed by atoms with E-state index in [2.05, 4.69) is 10.1 Å². The fourth-order valence-corrected chi connectivity index (χ4v) is 3.59. The third-order valence-electron chi connectivity index (χ3n) is 4.94. The smallest absolute Gasteiger partial charge is 0.275 e. The molecule has 150 valence electrons. The molecule has 0 spiro atoms. The van der Waals surface area contributed by atoms with Crippen molar-refractivity contribution in [2.24, 2.45) is 0 Å². The Morgan fingerprint density at radius 1 is 1.00 bits per heavy atom. The second-order valence-electron chi connectivity index (χ2n) is 6.89. The molecule has 0 aliphatic rings. The highest BCUT2D eigenvalue weighted by atomic mass is 35.5. The Morgan fingerprint density at radius 3 is 2.40 bits per heavy atom. The molecule has 2 aromatic heterocycles. The van der Waals surface area contributed by atoms with E-state index in [0.717, 1.165) is 16.6 Å². The summed E-state index contributed by atoms with van der Waals surface area (Å²) < 4.78 is 1.23. The topological polar surface area (TPSA) is 68.1 Å². The predicted octanol–water partition coefficient (Wildman–Crippen LogP) is 3.70. The monoisotopic (exact) mass is 418 g/mol. The molecule has 0 saturated carbocycles. The summed E-state index contributed by atoms with van der Waals surface area (Å²) in [5.74, 6) is -0.289. The zero-order valence-corrected chi connectivity index (χ0v) is 17.1. The van der Waals surface area contributed by atoms with Gasteiger partial charge in [-0.05, 0) is 35.9 Å². The zero-order chi connectivity index (χ0) is 21.1. The van der Waals surface area contributed by atoms with Crippen LogP contribution in [-0.4, -0.2) is 27.7 Å². The van der Waals surface area contributed by atoms with Gasteiger partial charge in [-0.2, -0.15) is 5.10 Å². The first-order valence-corrected chi connectivity index (χ1v) is 9.81. The zero-order valence-electron chi connectivity index (χ0n) is 16.3. The number of halogens is 1. The van der Waals surface area contributed by atoms with Crippen molar-refractivity contribution in [1.29, 1.82) is 0 Å². The average Bonchev–Trinajstić information content (AvgIpc) is 2.77. The van der Waals surface area contributed by atoms with Crippen LogP contribution in [0, 0.1) is 0 Å². The fraction of sp³-hybridized carbons (Fsp3) is 0.130. The SMILES string of the molecule is CN(C(=O)Cn1nc(Cc2ccncc2)c2ccccc2c1=O)c1ccccc1Cl. The van der Waals surface area contributed by atoms with E-state index in [4.69, 9.17) is 11.6 Å². The van der Waals surface area contributed by atoms with Crippen LogP contribution in [-0.2, 0) is 17.8 Å². The van der Waals surface area contributed by atoms with Gasteiger partial charge in [0, 0.05) is 31.2 Å². The first-order valence-electron chi connectivity index (χ1n) is 9.43. The quantitative estimate of drug-likeness (QED) is 0.495. The highest BCUT2D eigenvalue weighted by molar-refractivity contribution is 6.33. The van der Waals surface area contributed by atoms with E-state index in [0.29, 0.717) is 22.5 Å². The highest BCUT2D eigenvalue weighted by Gasteiger charge is 2.17. The van der Waals surface area contributed by atoms with E-state index in [1.807, 2.05) is 30.3 Å². The summed E-state index contributed by atoms with van der Waals surface area (Å²) in [6.07, 6.45) is 3.96. The Bertz CT molecular complexity index is 1270. The van der Waals surface area contributed by atoms with Crippen LogP contribution in [0.5, 0.6) is 0 Å². The van der Waals surface area contributed by atoms with Gasteiger partial charge in [0.1, 0.15) is 6.54 Å². The third kappa shape index (κ3) is 3.95. The maximum absolute atomic E-state index is 13.0. The predicted molar refractivity (Wildman–Crippen MR) is 118 cm³/mol. The van der Waals surface area contributed by atoms with Gasteiger partial charge in [-0.15, -0.1) is 0 Å². The number of pyridine rings is 1. The van der Waals surface area contributed by atoms with Gasteiger partial charge in [0.15, 0.2) is 0 Å². The molecule has 0 unspecified atom stereocenters. The van der Waals surface area contributed by atoms with Gasteiger partial charge in [0.2, 0.25) is 5.91 Å². The number of fused-ring (bicyclic) bond motifs is 1. The molecule has 0 bridgehead atoms. The molecule has 2 heterocycles. The first kappa shape index (κ1) is 19.8. The molecule has 4 rings (SSSR count). The normalized spacial score (nSPS) is 10.9. The van der Waals surface area contributed by atoms with Crippen molar-refractivity contribution in [3.05, 3.63) is 99.7 Å². The van der Waals surface area contributed by atoms with Crippen LogP contribution in [0.15, 0.2) is 77.9 Å². The molecule has 2 aromatic carbocycles. The van der Waals surface area contributed by atoms with Gasteiger partial charge in [0.25, 0.3) is 5.56 Å². The molecule has 0 aliphatic heterocycles. The van der Waals surface area contributed by atoms with Gasteiger partial charge in [-0.3, -0.25) is 14.6 Å². The highest BCUT2D eigenvalue weighted by Crippen LogP contribution is 2.24. The average molecular weight is 419 g/mol. The molecule has 0 atom stereocenters. The summed E-state index contributed by atoms with van der Waals surface area (Å²) in [5, 5.41) is 6.31. The summed E-state index contributed by atoms with van der Waals surface area (Å²) in [7, 11) is 1.63. The minimum Gasteiger partial charge on any atom is -0.312 e. The molecule has 0 N–H and O–H groups in total. The molecule has 6 nitrogen and oxygen atoms in total. The summed E-state index contributed by atoms with van der Waals surface area (Å²) in [4.78, 5) is 31.3. The molecule has 0 aliphatic carbocycles. The van der Waals surface area contributed by atoms with Crippen LogP contribution < -0.4 is 10.5 Å². The summed E-state index contributed by atoms with van der Waals surface area (Å²) in [6.45, 7) is -0.186. The number of aromatic nitrogens is 3. The van der Waals surface area contributed by atoms with Crippen LogP contribution in [0.3, 0.4) is 0 Å². The Kier molecular flexibility index (Phi) is 5.59. The fourth-order valence-electron chi connectivity index (χ4n) is 3.33. The van der Waals surface area contributed by atoms with Crippen LogP contribution in [0.2, 0.25) is 5.02 Å². The molecule has 0 fully saturated rings. The molecule has 1 amide bonds. The molecule has 4 aromatic rings. The first-order chi connectivity index (χ1) is 14.5. The van der Waals surface area contributed by atoms with E-state index >= 15 is 0 Å². The van der Waals surface area contributed by atoms with Crippen molar-refractivity contribution in [3.63, 3.8) is 0 Å². The van der Waals surface area contributed by atoms with E-state index in [1.54, 1.807) is 49.8 Å². The Balaban J connectivity index is 1.72.